The van der Waals surface area contributed by atoms with Gasteiger partial charge in [0.25, 0.3) is 0 Å². The summed E-state index contributed by atoms with van der Waals surface area (Å²) in [6.07, 6.45) is 7.58. The van der Waals surface area contributed by atoms with Gasteiger partial charge >= 0.3 is 0 Å². The number of hydrogen-bond acceptors (Lipinski definition) is 2. The van der Waals surface area contributed by atoms with Crippen LogP contribution in [0.2, 0.25) is 0 Å². The lowest BCUT2D eigenvalue weighted by Crippen LogP contribution is -1.97. The Morgan fingerprint density at radius 3 is 3.00 bits per heavy atom. The minimum atomic E-state index is 0.800. The van der Waals surface area contributed by atoms with Crippen LogP contribution in [0.4, 0.5) is 0 Å². The zero-order valence-corrected chi connectivity index (χ0v) is 8.07. The molecule has 1 heterocycles. The van der Waals surface area contributed by atoms with Crippen LogP contribution in [0.1, 0.15) is 19.4 Å². The molecule has 0 radical (unpaired) electrons. The van der Waals surface area contributed by atoms with Gasteiger partial charge in [0.1, 0.15) is 0 Å². The van der Waals surface area contributed by atoms with Crippen molar-refractivity contribution < 1.29 is 0 Å². The molecule has 0 aliphatic heterocycles. The predicted octanol–water partition coefficient (Wildman–Crippen LogP) is 2.47. The van der Waals surface area contributed by atoms with Gasteiger partial charge in [0.05, 0.1) is 5.71 Å². The fourth-order valence-electron chi connectivity index (χ4n) is 1.08. The lowest BCUT2D eigenvalue weighted by Gasteiger charge is -1.99. The van der Waals surface area contributed by atoms with Crippen LogP contribution in [-0.2, 0) is 0 Å². The summed E-state index contributed by atoms with van der Waals surface area (Å²) in [6, 6.07) is 3.94. The zero-order valence-electron chi connectivity index (χ0n) is 8.07. The number of aliphatic imine (C=N–C) groups is 1. The quantitative estimate of drug-likeness (QED) is 0.646. The van der Waals surface area contributed by atoms with Gasteiger partial charge in [0.15, 0.2) is 0 Å². The Morgan fingerprint density at radius 2 is 2.46 bits per heavy atom. The zero-order chi connectivity index (χ0) is 9.52. The molecule has 2 nitrogen and oxygen atoms in total. The van der Waals surface area contributed by atoms with E-state index in [1.165, 1.54) is 0 Å². The summed E-state index contributed by atoms with van der Waals surface area (Å²) >= 11 is 0. The number of hydrogen-bond donors (Lipinski definition) is 0. The lowest BCUT2D eigenvalue weighted by molar-refractivity contribution is 1.13. The third kappa shape index (κ3) is 2.82. The summed E-state index contributed by atoms with van der Waals surface area (Å²) in [6.45, 7) is 4.82. The number of pyridine rings is 1. The van der Waals surface area contributed by atoms with Crippen molar-refractivity contribution in [3.63, 3.8) is 0 Å². The number of aromatic nitrogens is 1. The lowest BCUT2D eigenvalue weighted by atomic mass is 10.1. The molecule has 0 aliphatic rings. The Labute approximate surface area is 79.0 Å². The maximum Gasteiger partial charge on any atom is 0.0658 e. The van der Waals surface area contributed by atoms with Crippen LogP contribution in [0.15, 0.2) is 41.7 Å². The van der Waals surface area contributed by atoms with Crippen molar-refractivity contribution in [1.82, 2.24) is 4.98 Å². The minimum Gasteiger partial charge on any atom is -0.285 e. The number of nitrogens with zero attached hydrogens (tertiary/aromatic N) is 2. The largest absolute Gasteiger partial charge is 0.285 e. The van der Waals surface area contributed by atoms with E-state index in [-0.39, 0.29) is 0 Å². The fourth-order valence-corrected chi connectivity index (χ4v) is 1.08. The number of allylic oxidation sites excluding steroid dienone is 2. The molecule has 0 N–H and O–H groups in total. The molecule has 0 atom stereocenters. The molecular formula is C11H14N2. The molecule has 13 heavy (non-hydrogen) atoms. The summed E-state index contributed by atoms with van der Waals surface area (Å²) in [5.74, 6) is 0. The molecule has 1 aromatic heterocycles. The van der Waals surface area contributed by atoms with Gasteiger partial charge in [0, 0.05) is 24.5 Å². The summed E-state index contributed by atoms with van der Waals surface area (Å²) in [5.41, 5.74) is 2.07. The highest BCUT2D eigenvalue weighted by Crippen LogP contribution is 2.00. The SMILES string of the molecule is C/C=C\C(=NCC)c1cccnc1. The second kappa shape index (κ2) is 5.25. The first-order valence-corrected chi connectivity index (χ1v) is 4.46. The summed E-state index contributed by atoms with van der Waals surface area (Å²) in [4.78, 5) is 8.43. The van der Waals surface area contributed by atoms with Crippen molar-refractivity contribution in [2.45, 2.75) is 13.8 Å². The molecule has 0 aliphatic carbocycles. The Bertz CT molecular complexity index is 299. The molecule has 0 amide bonds. The van der Waals surface area contributed by atoms with E-state index in [1.54, 1.807) is 6.20 Å². The van der Waals surface area contributed by atoms with Crippen molar-refractivity contribution in [2.24, 2.45) is 4.99 Å². The van der Waals surface area contributed by atoms with Crippen LogP contribution < -0.4 is 0 Å². The Hall–Kier alpha value is -1.44. The molecule has 0 saturated carbocycles. The molecule has 1 rings (SSSR count). The fraction of sp³-hybridized carbons (Fsp3) is 0.273. The molecular weight excluding hydrogens is 160 g/mol. The maximum absolute atomic E-state index is 4.37. The normalized spacial score (nSPS) is 12.3. The third-order valence-corrected chi connectivity index (χ3v) is 1.61. The molecule has 1 aromatic rings. The first kappa shape index (κ1) is 9.65. The van der Waals surface area contributed by atoms with Gasteiger partial charge in [-0.15, -0.1) is 0 Å². The predicted molar refractivity (Wildman–Crippen MR) is 56.1 cm³/mol. The van der Waals surface area contributed by atoms with E-state index in [1.807, 2.05) is 44.3 Å². The monoisotopic (exact) mass is 174 g/mol. The molecule has 0 unspecified atom stereocenters. The van der Waals surface area contributed by atoms with Crippen LogP contribution in [0.25, 0.3) is 0 Å². The summed E-state index contributed by atoms with van der Waals surface area (Å²) in [7, 11) is 0. The Balaban J connectivity index is 2.96. The van der Waals surface area contributed by atoms with Crippen LogP contribution >= 0.6 is 0 Å². The standard InChI is InChI=1S/C11H14N2/c1-3-6-11(13-4-2)10-7-5-8-12-9-10/h3,5-9H,4H2,1-2H3/b6-3-,13-11?. The first-order chi connectivity index (χ1) is 6.38. The van der Waals surface area contributed by atoms with E-state index in [0.717, 1.165) is 17.8 Å². The van der Waals surface area contributed by atoms with Crippen LogP contribution in [-0.4, -0.2) is 17.2 Å². The van der Waals surface area contributed by atoms with Gasteiger partial charge in [-0.05, 0) is 32.1 Å². The molecule has 2 heteroatoms. The van der Waals surface area contributed by atoms with E-state index in [4.69, 9.17) is 0 Å². The second-order valence-corrected chi connectivity index (χ2v) is 2.60. The number of rotatable bonds is 3. The Morgan fingerprint density at radius 1 is 1.62 bits per heavy atom. The molecule has 0 spiro atoms. The second-order valence-electron chi connectivity index (χ2n) is 2.60. The van der Waals surface area contributed by atoms with Crippen LogP contribution in [0, 0.1) is 0 Å². The van der Waals surface area contributed by atoms with Gasteiger partial charge < -0.3 is 0 Å². The highest BCUT2D eigenvalue weighted by atomic mass is 14.7. The summed E-state index contributed by atoms with van der Waals surface area (Å²) < 4.78 is 0. The third-order valence-electron chi connectivity index (χ3n) is 1.61. The van der Waals surface area contributed by atoms with E-state index in [2.05, 4.69) is 9.98 Å². The average molecular weight is 174 g/mol. The van der Waals surface area contributed by atoms with Crippen LogP contribution in [0.5, 0.6) is 0 Å². The van der Waals surface area contributed by atoms with Gasteiger partial charge in [-0.2, -0.15) is 0 Å². The van der Waals surface area contributed by atoms with Crippen molar-refractivity contribution in [3.05, 3.63) is 42.2 Å². The van der Waals surface area contributed by atoms with Crippen molar-refractivity contribution in [1.29, 1.82) is 0 Å². The molecule has 0 saturated heterocycles. The van der Waals surface area contributed by atoms with Crippen molar-refractivity contribution in [3.8, 4) is 0 Å². The van der Waals surface area contributed by atoms with E-state index in [0.29, 0.717) is 0 Å². The molecule has 0 aromatic carbocycles. The molecule has 68 valence electrons. The first-order valence-electron chi connectivity index (χ1n) is 4.46. The van der Waals surface area contributed by atoms with Crippen LogP contribution in [0.3, 0.4) is 0 Å². The summed E-state index contributed by atoms with van der Waals surface area (Å²) in [5, 5.41) is 0. The minimum absolute atomic E-state index is 0.800. The van der Waals surface area contributed by atoms with Gasteiger partial charge in [-0.1, -0.05) is 6.08 Å². The maximum atomic E-state index is 4.37. The van der Waals surface area contributed by atoms with Crippen molar-refractivity contribution in [2.75, 3.05) is 6.54 Å². The highest BCUT2D eigenvalue weighted by Gasteiger charge is 1.96. The topological polar surface area (TPSA) is 25.2 Å². The smallest absolute Gasteiger partial charge is 0.0658 e. The Kier molecular flexibility index (Phi) is 3.89. The average Bonchev–Trinajstić information content (AvgIpc) is 2.19. The molecule has 0 bridgehead atoms. The molecule has 0 fully saturated rings. The van der Waals surface area contributed by atoms with E-state index >= 15 is 0 Å². The van der Waals surface area contributed by atoms with Gasteiger partial charge in [-0.25, -0.2) is 0 Å². The van der Waals surface area contributed by atoms with E-state index < -0.39 is 0 Å². The van der Waals surface area contributed by atoms with Gasteiger partial charge in [0.2, 0.25) is 0 Å². The highest BCUT2D eigenvalue weighted by molar-refractivity contribution is 6.08. The van der Waals surface area contributed by atoms with Gasteiger partial charge in [-0.3, -0.25) is 9.98 Å². The van der Waals surface area contributed by atoms with Crippen molar-refractivity contribution >= 4 is 5.71 Å². The van der Waals surface area contributed by atoms with E-state index in [9.17, 15) is 0 Å².